The van der Waals surface area contributed by atoms with Gasteiger partial charge < -0.3 is 14.8 Å². The van der Waals surface area contributed by atoms with Crippen molar-refractivity contribution in [2.75, 3.05) is 20.3 Å². The third kappa shape index (κ3) is 8.17. The third-order valence-corrected chi connectivity index (χ3v) is 2.92. The molecule has 0 bridgehead atoms. The summed E-state index contributed by atoms with van der Waals surface area (Å²) in [7, 11) is 1.58. The predicted molar refractivity (Wildman–Crippen MR) is 92.2 cm³/mol. The molecule has 132 valence electrons. The summed E-state index contributed by atoms with van der Waals surface area (Å²) in [5, 5.41) is 6.68. The zero-order valence-electron chi connectivity index (χ0n) is 14.6. The largest absolute Gasteiger partial charge is 0.497 e. The molecule has 0 spiro atoms. The van der Waals surface area contributed by atoms with Gasteiger partial charge in [0.1, 0.15) is 11.5 Å². The summed E-state index contributed by atoms with van der Waals surface area (Å²) < 4.78 is 10.4. The number of hydrogen-bond acceptors (Lipinski definition) is 5. The van der Waals surface area contributed by atoms with Crippen LogP contribution in [0.4, 0.5) is 0 Å². The zero-order valence-corrected chi connectivity index (χ0v) is 14.6. The Hall–Kier alpha value is -2.57. The van der Waals surface area contributed by atoms with Crippen LogP contribution in [0.5, 0.6) is 11.5 Å². The van der Waals surface area contributed by atoms with Gasteiger partial charge in [-0.15, -0.1) is 0 Å². The Morgan fingerprint density at radius 3 is 2.33 bits per heavy atom. The molecule has 0 radical (unpaired) electrons. The van der Waals surface area contributed by atoms with E-state index < -0.39 is 5.91 Å². The highest BCUT2D eigenvalue weighted by Crippen LogP contribution is 2.16. The number of rotatable bonds is 9. The van der Waals surface area contributed by atoms with Crippen LogP contribution in [0.25, 0.3) is 0 Å². The number of methoxy groups -OCH3 is 1. The quantitative estimate of drug-likeness (QED) is 0.531. The van der Waals surface area contributed by atoms with Crippen molar-refractivity contribution in [2.24, 2.45) is 11.0 Å². The van der Waals surface area contributed by atoms with Gasteiger partial charge in [0.05, 0.1) is 13.5 Å². The molecular weight excluding hydrogens is 310 g/mol. The van der Waals surface area contributed by atoms with Gasteiger partial charge in [0.2, 0.25) is 5.91 Å². The van der Waals surface area contributed by atoms with Crippen molar-refractivity contribution >= 4 is 17.5 Å². The lowest BCUT2D eigenvalue weighted by Gasteiger charge is -2.08. The van der Waals surface area contributed by atoms with Gasteiger partial charge in [-0.05, 0) is 37.1 Å². The molecule has 2 N–H and O–H groups in total. The Balaban J connectivity index is 2.31. The number of ether oxygens (including phenoxy) is 2. The van der Waals surface area contributed by atoms with Crippen molar-refractivity contribution in [3.8, 4) is 11.5 Å². The van der Waals surface area contributed by atoms with Gasteiger partial charge in [-0.2, -0.15) is 5.10 Å². The molecule has 0 saturated heterocycles. The molecule has 1 aromatic carbocycles. The Bertz CT molecular complexity index is 568. The van der Waals surface area contributed by atoms with Crippen LogP contribution in [0, 0.1) is 5.92 Å². The second kappa shape index (κ2) is 10.3. The Morgan fingerprint density at radius 2 is 1.75 bits per heavy atom. The predicted octanol–water partition coefficient (Wildman–Crippen LogP) is 1.73. The molecule has 0 atom stereocenters. The summed E-state index contributed by atoms with van der Waals surface area (Å²) in [5.74, 6) is 1.14. The average molecular weight is 335 g/mol. The van der Waals surface area contributed by atoms with Crippen LogP contribution < -0.4 is 20.2 Å². The van der Waals surface area contributed by atoms with E-state index in [2.05, 4.69) is 15.8 Å². The van der Waals surface area contributed by atoms with Crippen molar-refractivity contribution in [1.29, 1.82) is 0 Å². The summed E-state index contributed by atoms with van der Waals surface area (Å²) >= 11 is 0. The smallest absolute Gasteiger partial charge is 0.277 e. The molecule has 0 aliphatic rings. The number of hydrogen-bond donors (Lipinski definition) is 2. The normalized spacial score (nSPS) is 11.1. The van der Waals surface area contributed by atoms with Crippen molar-refractivity contribution in [2.45, 2.75) is 27.2 Å². The van der Waals surface area contributed by atoms with Gasteiger partial charge in [0.15, 0.2) is 6.61 Å². The maximum atomic E-state index is 11.7. The molecule has 0 aliphatic carbocycles. The van der Waals surface area contributed by atoms with Crippen molar-refractivity contribution < 1.29 is 19.1 Å². The molecule has 0 aliphatic heterocycles. The minimum atomic E-state index is -0.396. The first-order valence-electron chi connectivity index (χ1n) is 7.76. The van der Waals surface area contributed by atoms with Crippen LogP contribution in [-0.2, 0) is 9.59 Å². The monoisotopic (exact) mass is 335 g/mol. The van der Waals surface area contributed by atoms with E-state index in [0.29, 0.717) is 29.7 Å². The minimum absolute atomic E-state index is 0.117. The van der Waals surface area contributed by atoms with E-state index in [9.17, 15) is 9.59 Å². The number of hydrazone groups is 1. The molecular formula is C17H25N3O4. The van der Waals surface area contributed by atoms with Gasteiger partial charge in [-0.1, -0.05) is 13.8 Å². The molecule has 2 amide bonds. The van der Waals surface area contributed by atoms with Crippen LogP contribution in [0.1, 0.15) is 27.2 Å². The standard InChI is InChI=1S/C17H25N3O4/c1-12(2)10-18-16(21)9-13(3)19-20-17(22)11-24-15-7-5-14(23-4)6-8-15/h5-8,12H,9-11H2,1-4H3,(H,18,21)(H,20,22). The maximum absolute atomic E-state index is 11.7. The van der Waals surface area contributed by atoms with E-state index in [1.165, 1.54) is 0 Å². The van der Waals surface area contributed by atoms with Gasteiger partial charge in [-0.3, -0.25) is 9.59 Å². The summed E-state index contributed by atoms with van der Waals surface area (Å²) in [6, 6.07) is 6.90. The molecule has 0 heterocycles. The molecule has 7 heteroatoms. The fourth-order valence-corrected chi connectivity index (χ4v) is 1.66. The Morgan fingerprint density at radius 1 is 1.12 bits per heavy atom. The second-order valence-corrected chi connectivity index (χ2v) is 5.72. The van der Waals surface area contributed by atoms with E-state index in [4.69, 9.17) is 9.47 Å². The molecule has 7 nitrogen and oxygen atoms in total. The summed E-state index contributed by atoms with van der Waals surface area (Å²) in [5.41, 5.74) is 2.89. The van der Waals surface area contributed by atoms with Gasteiger partial charge in [-0.25, -0.2) is 5.43 Å². The van der Waals surface area contributed by atoms with E-state index >= 15 is 0 Å². The van der Waals surface area contributed by atoms with Crippen LogP contribution in [-0.4, -0.2) is 37.8 Å². The Kier molecular flexibility index (Phi) is 8.32. The van der Waals surface area contributed by atoms with Crippen LogP contribution in [0.3, 0.4) is 0 Å². The summed E-state index contributed by atoms with van der Waals surface area (Å²) in [6.45, 7) is 6.17. The molecule has 0 fully saturated rings. The topological polar surface area (TPSA) is 89.0 Å². The lowest BCUT2D eigenvalue weighted by Crippen LogP contribution is -2.30. The molecule has 0 unspecified atom stereocenters. The van der Waals surface area contributed by atoms with Crippen LogP contribution >= 0.6 is 0 Å². The summed E-state index contributed by atoms with van der Waals surface area (Å²) in [4.78, 5) is 23.3. The van der Waals surface area contributed by atoms with E-state index in [1.54, 1.807) is 38.3 Å². The number of amides is 2. The highest BCUT2D eigenvalue weighted by atomic mass is 16.5. The van der Waals surface area contributed by atoms with Crippen molar-refractivity contribution in [3.05, 3.63) is 24.3 Å². The fraction of sp³-hybridized carbons (Fsp3) is 0.471. The van der Waals surface area contributed by atoms with E-state index in [0.717, 1.165) is 0 Å². The molecule has 1 rings (SSSR count). The Labute approximate surface area is 142 Å². The SMILES string of the molecule is COc1ccc(OCC(=O)NN=C(C)CC(=O)NCC(C)C)cc1. The second-order valence-electron chi connectivity index (χ2n) is 5.72. The van der Waals surface area contributed by atoms with Gasteiger partial charge in [0, 0.05) is 12.3 Å². The van der Waals surface area contributed by atoms with Crippen molar-refractivity contribution in [1.82, 2.24) is 10.7 Å². The molecule has 1 aromatic rings. The first-order chi connectivity index (χ1) is 11.4. The van der Waals surface area contributed by atoms with Gasteiger partial charge >= 0.3 is 0 Å². The minimum Gasteiger partial charge on any atom is -0.497 e. The number of nitrogens with zero attached hydrogens (tertiary/aromatic N) is 1. The van der Waals surface area contributed by atoms with Crippen molar-refractivity contribution in [3.63, 3.8) is 0 Å². The first-order valence-corrected chi connectivity index (χ1v) is 7.76. The van der Waals surface area contributed by atoms with E-state index in [-0.39, 0.29) is 18.9 Å². The fourth-order valence-electron chi connectivity index (χ4n) is 1.66. The van der Waals surface area contributed by atoms with E-state index in [1.807, 2.05) is 13.8 Å². The number of carbonyl (C=O) groups is 2. The number of benzene rings is 1. The first kappa shape index (κ1) is 19.5. The van der Waals surface area contributed by atoms with Crippen LogP contribution in [0.2, 0.25) is 0 Å². The van der Waals surface area contributed by atoms with Crippen LogP contribution in [0.15, 0.2) is 29.4 Å². The number of carbonyl (C=O) groups excluding carboxylic acids is 2. The molecule has 0 saturated carbocycles. The molecule has 24 heavy (non-hydrogen) atoms. The average Bonchev–Trinajstić information content (AvgIpc) is 2.56. The lowest BCUT2D eigenvalue weighted by atomic mass is 10.2. The van der Waals surface area contributed by atoms with Gasteiger partial charge in [0.25, 0.3) is 5.91 Å². The third-order valence-electron chi connectivity index (χ3n) is 2.92. The zero-order chi connectivity index (χ0) is 17.9. The maximum Gasteiger partial charge on any atom is 0.277 e. The molecule has 0 aromatic heterocycles. The summed E-state index contributed by atoms with van der Waals surface area (Å²) in [6.07, 6.45) is 0.145. The highest BCUT2D eigenvalue weighted by molar-refractivity contribution is 6.00. The lowest BCUT2D eigenvalue weighted by molar-refractivity contribution is -0.123. The highest BCUT2D eigenvalue weighted by Gasteiger charge is 2.06. The number of nitrogens with one attached hydrogen (secondary N) is 2.